The highest BCUT2D eigenvalue weighted by molar-refractivity contribution is 5.47. The quantitative estimate of drug-likeness (QED) is 0.806. The summed E-state index contributed by atoms with van der Waals surface area (Å²) in [6, 6.07) is 4.74. The van der Waals surface area contributed by atoms with E-state index in [2.05, 4.69) is 33.2 Å². The number of piperidine rings is 1. The third-order valence-corrected chi connectivity index (χ3v) is 5.66. The summed E-state index contributed by atoms with van der Waals surface area (Å²) >= 11 is 0. The Kier molecular flexibility index (Phi) is 5.87. The van der Waals surface area contributed by atoms with Crippen LogP contribution in [0.2, 0.25) is 0 Å². The molecule has 0 unspecified atom stereocenters. The molecule has 0 amide bonds. The van der Waals surface area contributed by atoms with Crippen LogP contribution in [-0.2, 0) is 13.0 Å². The first-order chi connectivity index (χ1) is 13.3. The van der Waals surface area contributed by atoms with E-state index in [9.17, 15) is 0 Å². The Morgan fingerprint density at radius 3 is 2.59 bits per heavy atom. The van der Waals surface area contributed by atoms with Crippen LogP contribution >= 0.6 is 0 Å². The van der Waals surface area contributed by atoms with Gasteiger partial charge >= 0.3 is 0 Å². The molecule has 7 heteroatoms. The van der Waals surface area contributed by atoms with E-state index in [1.165, 1.54) is 12.8 Å². The van der Waals surface area contributed by atoms with Crippen molar-refractivity contribution in [3.63, 3.8) is 0 Å². The van der Waals surface area contributed by atoms with Crippen molar-refractivity contribution in [1.82, 2.24) is 25.1 Å². The molecule has 0 atom stereocenters. The zero-order chi connectivity index (χ0) is 18.5. The fourth-order valence-corrected chi connectivity index (χ4v) is 4.00. The largest absolute Gasteiger partial charge is 0.356 e. The van der Waals surface area contributed by atoms with E-state index in [1.807, 2.05) is 23.1 Å². The lowest BCUT2D eigenvalue weighted by Crippen LogP contribution is -2.43. The van der Waals surface area contributed by atoms with E-state index in [0.29, 0.717) is 6.04 Å². The van der Waals surface area contributed by atoms with Crippen LogP contribution in [0.25, 0.3) is 0 Å². The molecule has 0 bridgehead atoms. The molecule has 0 spiro atoms. The number of hydrogen-bond donors (Lipinski definition) is 1. The molecule has 0 radical (unpaired) electrons. The van der Waals surface area contributed by atoms with Crippen molar-refractivity contribution in [1.29, 1.82) is 0 Å². The topological polar surface area (TPSA) is 62.1 Å². The highest BCUT2D eigenvalue weighted by Gasteiger charge is 2.22. The molecule has 2 fully saturated rings. The monoisotopic (exact) mass is 369 g/mol. The predicted molar refractivity (Wildman–Crippen MR) is 108 cm³/mol. The number of hydrogen-bond acceptors (Lipinski definition) is 6. The average molecular weight is 370 g/mol. The SMILES string of the molecule is CCc1cc(N2CCC(NCCn3cccn3)CC2)nc(N2CCCC2)n1. The molecule has 0 aromatic carbocycles. The lowest BCUT2D eigenvalue weighted by atomic mass is 10.0. The van der Waals surface area contributed by atoms with Gasteiger partial charge in [0, 0.05) is 62.9 Å². The lowest BCUT2D eigenvalue weighted by molar-refractivity contribution is 0.400. The van der Waals surface area contributed by atoms with Gasteiger partial charge in [0.25, 0.3) is 0 Å². The van der Waals surface area contributed by atoms with E-state index >= 15 is 0 Å². The molecule has 4 heterocycles. The van der Waals surface area contributed by atoms with E-state index in [1.54, 1.807) is 0 Å². The highest BCUT2D eigenvalue weighted by atomic mass is 15.3. The third-order valence-electron chi connectivity index (χ3n) is 5.66. The molecule has 1 N–H and O–H groups in total. The van der Waals surface area contributed by atoms with E-state index in [4.69, 9.17) is 9.97 Å². The maximum Gasteiger partial charge on any atom is 0.227 e. The number of nitrogens with one attached hydrogen (secondary N) is 1. The first kappa shape index (κ1) is 18.2. The summed E-state index contributed by atoms with van der Waals surface area (Å²) in [5, 5.41) is 7.94. The molecule has 2 aliphatic rings. The Morgan fingerprint density at radius 2 is 1.89 bits per heavy atom. The van der Waals surface area contributed by atoms with E-state index in [-0.39, 0.29) is 0 Å². The molecule has 2 saturated heterocycles. The normalized spacial score (nSPS) is 18.4. The zero-order valence-electron chi connectivity index (χ0n) is 16.3. The summed E-state index contributed by atoms with van der Waals surface area (Å²) in [5.74, 6) is 2.04. The number of aromatic nitrogens is 4. The van der Waals surface area contributed by atoms with Crippen molar-refractivity contribution in [2.24, 2.45) is 0 Å². The molecule has 2 aromatic rings. The van der Waals surface area contributed by atoms with Gasteiger partial charge in [-0.05, 0) is 38.2 Å². The van der Waals surface area contributed by atoms with Crippen LogP contribution < -0.4 is 15.1 Å². The minimum atomic E-state index is 0.586. The smallest absolute Gasteiger partial charge is 0.227 e. The Labute approximate surface area is 161 Å². The first-order valence-corrected chi connectivity index (χ1v) is 10.4. The number of anilines is 2. The van der Waals surface area contributed by atoms with E-state index < -0.39 is 0 Å². The zero-order valence-corrected chi connectivity index (χ0v) is 16.3. The second-order valence-electron chi connectivity index (χ2n) is 7.55. The van der Waals surface area contributed by atoms with Crippen LogP contribution in [0.3, 0.4) is 0 Å². The second kappa shape index (κ2) is 8.69. The minimum Gasteiger partial charge on any atom is -0.356 e. The third kappa shape index (κ3) is 4.58. The fraction of sp³-hybridized carbons (Fsp3) is 0.650. The van der Waals surface area contributed by atoms with Gasteiger partial charge in [-0.2, -0.15) is 10.1 Å². The van der Waals surface area contributed by atoms with Crippen molar-refractivity contribution in [2.45, 2.75) is 51.6 Å². The van der Waals surface area contributed by atoms with Crippen LogP contribution in [0.5, 0.6) is 0 Å². The van der Waals surface area contributed by atoms with Crippen molar-refractivity contribution in [3.8, 4) is 0 Å². The summed E-state index contributed by atoms with van der Waals surface area (Å²) < 4.78 is 1.98. The minimum absolute atomic E-state index is 0.586. The maximum absolute atomic E-state index is 4.92. The average Bonchev–Trinajstić information content (AvgIpc) is 3.42. The van der Waals surface area contributed by atoms with Crippen LogP contribution in [-0.4, -0.2) is 58.5 Å². The molecule has 7 nitrogen and oxygen atoms in total. The summed E-state index contributed by atoms with van der Waals surface area (Å²) in [6.07, 6.45) is 9.63. The number of rotatable bonds is 7. The summed E-state index contributed by atoms with van der Waals surface area (Å²) in [7, 11) is 0. The lowest BCUT2D eigenvalue weighted by Gasteiger charge is -2.34. The Hall–Kier alpha value is -2.15. The number of aryl methyl sites for hydroxylation is 1. The predicted octanol–water partition coefficient (Wildman–Crippen LogP) is 2.09. The highest BCUT2D eigenvalue weighted by Crippen LogP contribution is 2.23. The summed E-state index contributed by atoms with van der Waals surface area (Å²) in [4.78, 5) is 14.5. The van der Waals surface area contributed by atoms with Gasteiger partial charge in [0.1, 0.15) is 5.82 Å². The molecule has 27 heavy (non-hydrogen) atoms. The second-order valence-corrected chi connectivity index (χ2v) is 7.55. The summed E-state index contributed by atoms with van der Waals surface area (Å²) in [5.41, 5.74) is 1.15. The van der Waals surface area contributed by atoms with Gasteiger partial charge < -0.3 is 15.1 Å². The Bertz CT molecular complexity index is 701. The van der Waals surface area contributed by atoms with Gasteiger partial charge in [0.05, 0.1) is 6.54 Å². The van der Waals surface area contributed by atoms with Crippen molar-refractivity contribution >= 4 is 11.8 Å². The molecule has 2 aliphatic heterocycles. The van der Waals surface area contributed by atoms with Gasteiger partial charge in [-0.3, -0.25) is 4.68 Å². The fourth-order valence-electron chi connectivity index (χ4n) is 4.00. The molecule has 146 valence electrons. The first-order valence-electron chi connectivity index (χ1n) is 10.4. The van der Waals surface area contributed by atoms with Gasteiger partial charge in [0.2, 0.25) is 5.95 Å². The van der Waals surface area contributed by atoms with Crippen LogP contribution in [0.1, 0.15) is 38.3 Å². The standard InChI is InChI=1S/C20H31N7/c1-2-17-16-19(24-20(23-17)26-10-3-4-11-26)25-13-6-18(7-14-25)21-9-15-27-12-5-8-22-27/h5,8,12,16,18,21H,2-4,6-7,9-11,13-15H2,1H3. The molecule has 2 aromatic heterocycles. The van der Waals surface area contributed by atoms with Gasteiger partial charge in [-0.1, -0.05) is 6.92 Å². The Morgan fingerprint density at radius 1 is 1.07 bits per heavy atom. The number of nitrogens with zero attached hydrogens (tertiary/aromatic N) is 6. The molecule has 4 rings (SSSR count). The maximum atomic E-state index is 4.92. The van der Waals surface area contributed by atoms with Crippen molar-refractivity contribution in [3.05, 3.63) is 30.2 Å². The van der Waals surface area contributed by atoms with Crippen LogP contribution in [0.4, 0.5) is 11.8 Å². The van der Waals surface area contributed by atoms with Crippen molar-refractivity contribution in [2.75, 3.05) is 42.5 Å². The van der Waals surface area contributed by atoms with Crippen LogP contribution in [0, 0.1) is 0 Å². The van der Waals surface area contributed by atoms with Gasteiger partial charge in [-0.15, -0.1) is 0 Å². The molecule has 0 aliphatic carbocycles. The van der Waals surface area contributed by atoms with Gasteiger partial charge in [-0.25, -0.2) is 4.98 Å². The molecular weight excluding hydrogens is 338 g/mol. The van der Waals surface area contributed by atoms with Crippen LogP contribution in [0.15, 0.2) is 24.5 Å². The Balaban J connectivity index is 1.32. The molecule has 0 saturated carbocycles. The van der Waals surface area contributed by atoms with Gasteiger partial charge in [0.15, 0.2) is 0 Å². The van der Waals surface area contributed by atoms with Crippen molar-refractivity contribution < 1.29 is 0 Å². The summed E-state index contributed by atoms with van der Waals surface area (Å²) in [6.45, 7) is 8.37. The van der Waals surface area contributed by atoms with E-state index in [0.717, 1.165) is 76.0 Å². The molecular formula is C20H31N7.